The number of rotatable bonds is 7. The van der Waals surface area contributed by atoms with E-state index in [0.717, 1.165) is 19.6 Å². The van der Waals surface area contributed by atoms with Crippen LogP contribution in [0.4, 0.5) is 0 Å². The molecule has 1 aliphatic rings. The zero-order valence-electron chi connectivity index (χ0n) is 10.9. The van der Waals surface area contributed by atoms with Gasteiger partial charge < -0.3 is 20.7 Å². The minimum atomic E-state index is -0.131. The van der Waals surface area contributed by atoms with Crippen molar-refractivity contribution in [1.82, 2.24) is 16.0 Å². The second kappa shape index (κ2) is 8.44. The molecule has 5 heteroatoms. The van der Waals surface area contributed by atoms with Crippen LogP contribution in [0.1, 0.15) is 19.8 Å². The van der Waals surface area contributed by atoms with Gasteiger partial charge >= 0.3 is 0 Å². The van der Waals surface area contributed by atoms with Gasteiger partial charge in [0.1, 0.15) is 0 Å². The van der Waals surface area contributed by atoms with Crippen molar-refractivity contribution in [2.75, 3.05) is 39.9 Å². The van der Waals surface area contributed by atoms with Gasteiger partial charge in [0, 0.05) is 13.7 Å². The molecule has 5 nitrogen and oxygen atoms in total. The highest BCUT2D eigenvalue weighted by molar-refractivity contribution is 5.81. The molecule has 1 amide bonds. The Morgan fingerprint density at radius 1 is 1.59 bits per heavy atom. The summed E-state index contributed by atoms with van der Waals surface area (Å²) in [5.74, 6) is 0.698. The van der Waals surface area contributed by atoms with Crippen LogP contribution in [0.5, 0.6) is 0 Å². The van der Waals surface area contributed by atoms with Crippen LogP contribution >= 0.6 is 0 Å². The van der Waals surface area contributed by atoms with Crippen LogP contribution in [0.3, 0.4) is 0 Å². The first kappa shape index (κ1) is 14.4. The highest BCUT2D eigenvalue weighted by Crippen LogP contribution is 2.08. The summed E-state index contributed by atoms with van der Waals surface area (Å²) in [5.41, 5.74) is 0. The number of hydrogen-bond donors (Lipinski definition) is 3. The Morgan fingerprint density at radius 3 is 3.06 bits per heavy atom. The van der Waals surface area contributed by atoms with Gasteiger partial charge in [0.15, 0.2) is 0 Å². The van der Waals surface area contributed by atoms with Crippen molar-refractivity contribution in [1.29, 1.82) is 0 Å². The zero-order chi connectivity index (χ0) is 12.5. The first-order valence-electron chi connectivity index (χ1n) is 6.44. The molecule has 17 heavy (non-hydrogen) atoms. The predicted molar refractivity (Wildman–Crippen MR) is 67.9 cm³/mol. The van der Waals surface area contributed by atoms with Crippen LogP contribution in [0.15, 0.2) is 0 Å². The lowest BCUT2D eigenvalue weighted by Crippen LogP contribution is -2.46. The van der Waals surface area contributed by atoms with E-state index in [9.17, 15) is 4.79 Å². The predicted octanol–water partition coefficient (Wildman–Crippen LogP) is -0.273. The van der Waals surface area contributed by atoms with Crippen molar-refractivity contribution in [2.45, 2.75) is 25.8 Å². The summed E-state index contributed by atoms with van der Waals surface area (Å²) in [4.78, 5) is 11.6. The lowest BCUT2D eigenvalue weighted by Gasteiger charge is -2.24. The lowest BCUT2D eigenvalue weighted by molar-refractivity contribution is -0.123. The van der Waals surface area contributed by atoms with Gasteiger partial charge in [0.25, 0.3) is 0 Å². The number of methoxy groups -OCH3 is 1. The fourth-order valence-corrected chi connectivity index (χ4v) is 1.96. The molecule has 0 aromatic rings. The molecule has 1 heterocycles. The van der Waals surface area contributed by atoms with Gasteiger partial charge in [0.2, 0.25) is 5.91 Å². The van der Waals surface area contributed by atoms with Crippen molar-refractivity contribution in [2.24, 2.45) is 5.92 Å². The fraction of sp³-hybridized carbons (Fsp3) is 0.917. The van der Waals surface area contributed by atoms with E-state index in [0.29, 0.717) is 19.1 Å². The van der Waals surface area contributed by atoms with Crippen molar-refractivity contribution < 1.29 is 9.53 Å². The number of hydrogen-bond acceptors (Lipinski definition) is 4. The van der Waals surface area contributed by atoms with Gasteiger partial charge in [-0.25, -0.2) is 0 Å². The summed E-state index contributed by atoms with van der Waals surface area (Å²) in [5, 5.41) is 9.49. The van der Waals surface area contributed by atoms with E-state index in [1.54, 1.807) is 7.11 Å². The van der Waals surface area contributed by atoms with Crippen LogP contribution in [0, 0.1) is 5.92 Å². The summed E-state index contributed by atoms with van der Waals surface area (Å²) >= 11 is 0. The number of amides is 1. The monoisotopic (exact) mass is 243 g/mol. The van der Waals surface area contributed by atoms with Gasteiger partial charge in [0.05, 0.1) is 12.6 Å². The van der Waals surface area contributed by atoms with Crippen LogP contribution < -0.4 is 16.0 Å². The number of piperidine rings is 1. The Balaban J connectivity index is 2.10. The van der Waals surface area contributed by atoms with Crippen molar-refractivity contribution >= 4 is 5.91 Å². The molecule has 0 spiro atoms. The molecule has 100 valence electrons. The largest absolute Gasteiger partial charge is 0.383 e. The molecule has 2 atom stereocenters. The van der Waals surface area contributed by atoms with Gasteiger partial charge in [-0.1, -0.05) is 0 Å². The number of carbonyl (C=O) groups is 1. The van der Waals surface area contributed by atoms with E-state index >= 15 is 0 Å². The molecule has 1 saturated heterocycles. The van der Waals surface area contributed by atoms with Gasteiger partial charge in [-0.3, -0.25) is 4.79 Å². The molecule has 1 rings (SSSR count). The van der Waals surface area contributed by atoms with Crippen molar-refractivity contribution in [3.8, 4) is 0 Å². The standard InChI is InChI=1S/C12H25N3O2/c1-10(12(16)14-6-7-17-2)15-9-11-4-3-5-13-8-11/h10-11,13,15H,3-9H2,1-2H3,(H,14,16). The van der Waals surface area contributed by atoms with Gasteiger partial charge in [-0.05, 0) is 45.3 Å². The lowest BCUT2D eigenvalue weighted by atomic mass is 9.99. The van der Waals surface area contributed by atoms with E-state index < -0.39 is 0 Å². The van der Waals surface area contributed by atoms with Crippen LogP contribution in [0.2, 0.25) is 0 Å². The summed E-state index contributed by atoms with van der Waals surface area (Å²) in [6.07, 6.45) is 2.48. The average Bonchev–Trinajstić information content (AvgIpc) is 2.37. The normalized spacial score (nSPS) is 22.1. The molecule has 0 radical (unpaired) electrons. The van der Waals surface area contributed by atoms with Crippen molar-refractivity contribution in [3.05, 3.63) is 0 Å². The minimum absolute atomic E-state index is 0.0471. The molecule has 1 aliphatic heterocycles. The maximum Gasteiger partial charge on any atom is 0.236 e. The van der Waals surface area contributed by atoms with Crippen molar-refractivity contribution in [3.63, 3.8) is 0 Å². The Morgan fingerprint density at radius 2 is 2.41 bits per heavy atom. The Kier molecular flexibility index (Phi) is 7.16. The molecule has 0 bridgehead atoms. The Hall–Kier alpha value is -0.650. The van der Waals surface area contributed by atoms with E-state index in [4.69, 9.17) is 4.74 Å². The van der Waals surface area contributed by atoms with E-state index in [2.05, 4.69) is 16.0 Å². The highest BCUT2D eigenvalue weighted by atomic mass is 16.5. The molecular formula is C12H25N3O2. The highest BCUT2D eigenvalue weighted by Gasteiger charge is 2.16. The molecule has 0 aromatic carbocycles. The summed E-state index contributed by atoms with van der Waals surface area (Å²) in [6, 6.07) is -0.131. The van der Waals surface area contributed by atoms with Crippen LogP contribution in [-0.4, -0.2) is 51.8 Å². The van der Waals surface area contributed by atoms with E-state index in [1.807, 2.05) is 6.92 Å². The minimum Gasteiger partial charge on any atom is -0.383 e. The second-order valence-corrected chi connectivity index (χ2v) is 4.63. The molecule has 0 aliphatic carbocycles. The first-order chi connectivity index (χ1) is 8.24. The fourth-order valence-electron chi connectivity index (χ4n) is 1.96. The summed E-state index contributed by atoms with van der Waals surface area (Å²) < 4.78 is 4.88. The molecule has 0 saturated carbocycles. The summed E-state index contributed by atoms with van der Waals surface area (Å²) in [7, 11) is 1.63. The third-order valence-corrected chi connectivity index (χ3v) is 3.11. The van der Waals surface area contributed by atoms with E-state index in [-0.39, 0.29) is 11.9 Å². The molecule has 1 fully saturated rings. The van der Waals surface area contributed by atoms with Crippen LogP contribution in [-0.2, 0) is 9.53 Å². The molecule has 3 N–H and O–H groups in total. The quantitative estimate of drug-likeness (QED) is 0.539. The Labute approximate surface area is 104 Å². The number of nitrogens with one attached hydrogen (secondary N) is 3. The summed E-state index contributed by atoms with van der Waals surface area (Å²) in [6.45, 7) is 6.14. The number of ether oxygens (including phenoxy) is 1. The SMILES string of the molecule is COCCNC(=O)C(C)NCC1CCCNC1. The number of carbonyl (C=O) groups excluding carboxylic acids is 1. The Bertz CT molecular complexity index is 218. The average molecular weight is 243 g/mol. The smallest absolute Gasteiger partial charge is 0.236 e. The zero-order valence-corrected chi connectivity index (χ0v) is 10.9. The van der Waals surface area contributed by atoms with Gasteiger partial charge in [-0.15, -0.1) is 0 Å². The molecular weight excluding hydrogens is 218 g/mol. The first-order valence-corrected chi connectivity index (χ1v) is 6.44. The third kappa shape index (κ3) is 6.00. The van der Waals surface area contributed by atoms with Crippen LogP contribution in [0.25, 0.3) is 0 Å². The maximum absolute atomic E-state index is 11.6. The molecule has 2 unspecified atom stereocenters. The molecule has 0 aromatic heterocycles. The second-order valence-electron chi connectivity index (χ2n) is 4.63. The van der Waals surface area contributed by atoms with Gasteiger partial charge in [-0.2, -0.15) is 0 Å². The maximum atomic E-state index is 11.6. The van der Waals surface area contributed by atoms with E-state index in [1.165, 1.54) is 12.8 Å². The third-order valence-electron chi connectivity index (χ3n) is 3.11. The topological polar surface area (TPSA) is 62.4 Å².